The van der Waals surface area contributed by atoms with Crippen LogP contribution >= 0.6 is 22.7 Å². The maximum atomic E-state index is 12.3. The van der Waals surface area contributed by atoms with Crippen LogP contribution in [-0.4, -0.2) is 41.6 Å². The van der Waals surface area contributed by atoms with Crippen LogP contribution in [0.5, 0.6) is 0 Å². The van der Waals surface area contributed by atoms with E-state index in [9.17, 15) is 4.79 Å². The van der Waals surface area contributed by atoms with Crippen molar-refractivity contribution in [3.63, 3.8) is 0 Å². The zero-order chi connectivity index (χ0) is 13.2. The Morgan fingerprint density at radius 1 is 1.53 bits per heavy atom. The lowest BCUT2D eigenvalue weighted by Crippen LogP contribution is -2.44. The maximum absolute atomic E-state index is 12.3. The highest BCUT2D eigenvalue weighted by Gasteiger charge is 2.24. The van der Waals surface area contributed by atoms with Gasteiger partial charge in [-0.2, -0.15) is 0 Å². The Balaban J connectivity index is 1.77. The molecule has 0 aromatic carbocycles. The average molecular weight is 294 g/mol. The standard InChI is InChI=1S/C13H14N2O2S2/c1-9-7-15(4-5-17-9)13(16)10-8-19-12(14-10)11-3-2-6-18-11/h2-3,6,8-9H,4-5,7H2,1H3. The van der Waals surface area contributed by atoms with Crippen LogP contribution in [0.15, 0.2) is 22.9 Å². The van der Waals surface area contributed by atoms with Crippen molar-refractivity contribution in [1.29, 1.82) is 0 Å². The fraction of sp³-hybridized carbons (Fsp3) is 0.385. The number of nitrogens with zero attached hydrogens (tertiary/aromatic N) is 2. The molecule has 0 aliphatic carbocycles. The molecule has 1 amide bonds. The van der Waals surface area contributed by atoms with E-state index < -0.39 is 0 Å². The number of ether oxygens (including phenoxy) is 1. The molecule has 1 fully saturated rings. The molecule has 3 heterocycles. The summed E-state index contributed by atoms with van der Waals surface area (Å²) in [6.45, 7) is 3.88. The van der Waals surface area contributed by atoms with E-state index in [-0.39, 0.29) is 12.0 Å². The molecule has 1 aliphatic heterocycles. The SMILES string of the molecule is CC1CN(C(=O)c2csc(-c3cccs3)n2)CCO1. The number of hydrogen-bond acceptors (Lipinski definition) is 5. The Labute approximate surface area is 119 Å². The van der Waals surface area contributed by atoms with Crippen molar-refractivity contribution in [2.24, 2.45) is 0 Å². The Hall–Kier alpha value is -1.24. The molecule has 19 heavy (non-hydrogen) atoms. The van der Waals surface area contributed by atoms with Gasteiger partial charge in [-0.15, -0.1) is 22.7 Å². The number of hydrogen-bond donors (Lipinski definition) is 0. The van der Waals surface area contributed by atoms with Crippen LogP contribution in [-0.2, 0) is 4.74 Å². The van der Waals surface area contributed by atoms with Crippen LogP contribution in [0.1, 0.15) is 17.4 Å². The van der Waals surface area contributed by atoms with Crippen molar-refractivity contribution in [2.45, 2.75) is 13.0 Å². The molecular weight excluding hydrogens is 280 g/mol. The summed E-state index contributed by atoms with van der Waals surface area (Å²) >= 11 is 3.16. The topological polar surface area (TPSA) is 42.4 Å². The predicted octanol–water partition coefficient (Wildman–Crippen LogP) is 2.73. The summed E-state index contributed by atoms with van der Waals surface area (Å²) < 4.78 is 5.45. The minimum atomic E-state index is 0.00852. The van der Waals surface area contributed by atoms with Gasteiger partial charge >= 0.3 is 0 Å². The van der Waals surface area contributed by atoms with Crippen LogP contribution in [0.3, 0.4) is 0 Å². The van der Waals surface area contributed by atoms with E-state index in [1.165, 1.54) is 11.3 Å². The van der Waals surface area contributed by atoms with Gasteiger partial charge in [-0.25, -0.2) is 4.98 Å². The first-order chi connectivity index (χ1) is 9.24. The quantitative estimate of drug-likeness (QED) is 0.855. The monoisotopic (exact) mass is 294 g/mol. The summed E-state index contributed by atoms with van der Waals surface area (Å²) in [6, 6.07) is 4.01. The van der Waals surface area contributed by atoms with E-state index in [1.807, 2.05) is 34.7 Å². The minimum Gasteiger partial charge on any atom is -0.375 e. The van der Waals surface area contributed by atoms with Gasteiger partial charge in [0.1, 0.15) is 10.7 Å². The lowest BCUT2D eigenvalue weighted by atomic mass is 10.3. The molecule has 1 saturated heterocycles. The zero-order valence-corrected chi connectivity index (χ0v) is 12.2. The summed E-state index contributed by atoms with van der Waals surface area (Å²) in [5.74, 6) is 0.00852. The van der Waals surface area contributed by atoms with Crippen LogP contribution in [0, 0.1) is 0 Å². The van der Waals surface area contributed by atoms with Crippen molar-refractivity contribution >= 4 is 28.6 Å². The van der Waals surface area contributed by atoms with Gasteiger partial charge in [0, 0.05) is 18.5 Å². The molecule has 1 unspecified atom stereocenters. The lowest BCUT2D eigenvalue weighted by molar-refractivity contribution is -0.0126. The molecule has 1 atom stereocenters. The third-order valence-electron chi connectivity index (χ3n) is 2.98. The fourth-order valence-corrected chi connectivity index (χ4v) is 3.66. The van der Waals surface area contributed by atoms with E-state index in [0.29, 0.717) is 25.4 Å². The number of aromatic nitrogens is 1. The highest BCUT2D eigenvalue weighted by atomic mass is 32.1. The summed E-state index contributed by atoms with van der Waals surface area (Å²) in [5.41, 5.74) is 0.544. The van der Waals surface area contributed by atoms with Gasteiger partial charge in [0.2, 0.25) is 0 Å². The second-order valence-electron chi connectivity index (χ2n) is 4.45. The predicted molar refractivity (Wildman–Crippen MR) is 76.7 cm³/mol. The zero-order valence-electron chi connectivity index (χ0n) is 10.5. The molecule has 6 heteroatoms. The van der Waals surface area contributed by atoms with Crippen molar-refractivity contribution in [3.8, 4) is 9.88 Å². The second-order valence-corrected chi connectivity index (χ2v) is 6.25. The van der Waals surface area contributed by atoms with Gasteiger partial charge in [-0.1, -0.05) is 6.07 Å². The van der Waals surface area contributed by atoms with Crippen molar-refractivity contribution in [1.82, 2.24) is 9.88 Å². The van der Waals surface area contributed by atoms with E-state index in [4.69, 9.17) is 4.74 Å². The molecule has 0 bridgehead atoms. The second kappa shape index (κ2) is 5.40. The molecule has 0 radical (unpaired) electrons. The molecule has 1 aliphatic rings. The van der Waals surface area contributed by atoms with Crippen molar-refractivity contribution in [3.05, 3.63) is 28.6 Å². The largest absolute Gasteiger partial charge is 0.375 e. The number of thiophene rings is 1. The molecule has 0 N–H and O–H groups in total. The minimum absolute atomic E-state index is 0.00852. The Morgan fingerprint density at radius 2 is 2.42 bits per heavy atom. The Kier molecular flexibility index (Phi) is 3.63. The van der Waals surface area contributed by atoms with E-state index >= 15 is 0 Å². The molecule has 3 rings (SSSR count). The number of rotatable bonds is 2. The molecule has 2 aromatic rings. The van der Waals surface area contributed by atoms with Crippen molar-refractivity contribution in [2.75, 3.05) is 19.7 Å². The number of amides is 1. The summed E-state index contributed by atoms with van der Waals surface area (Å²) in [4.78, 5) is 19.7. The first-order valence-electron chi connectivity index (χ1n) is 6.14. The van der Waals surface area contributed by atoms with Gasteiger partial charge in [0.25, 0.3) is 5.91 Å². The van der Waals surface area contributed by atoms with Gasteiger partial charge in [-0.3, -0.25) is 4.79 Å². The van der Waals surface area contributed by atoms with Gasteiger partial charge < -0.3 is 9.64 Å². The summed E-state index contributed by atoms with van der Waals surface area (Å²) in [6.07, 6.45) is 0.105. The third kappa shape index (κ3) is 2.70. The number of carbonyl (C=O) groups is 1. The van der Waals surface area contributed by atoms with E-state index in [0.717, 1.165) is 9.88 Å². The molecular formula is C13H14N2O2S2. The molecule has 0 saturated carbocycles. The van der Waals surface area contributed by atoms with Crippen LogP contribution < -0.4 is 0 Å². The van der Waals surface area contributed by atoms with Crippen LogP contribution in [0.25, 0.3) is 9.88 Å². The number of carbonyl (C=O) groups excluding carboxylic acids is 1. The molecule has 2 aromatic heterocycles. The third-order valence-corrected chi connectivity index (χ3v) is 4.86. The first kappa shape index (κ1) is 12.8. The average Bonchev–Trinajstić information content (AvgIpc) is 3.08. The summed E-state index contributed by atoms with van der Waals surface area (Å²) in [5, 5.41) is 4.78. The summed E-state index contributed by atoms with van der Waals surface area (Å²) in [7, 11) is 0. The number of thiazole rings is 1. The smallest absolute Gasteiger partial charge is 0.273 e. The van der Waals surface area contributed by atoms with Crippen molar-refractivity contribution < 1.29 is 9.53 Å². The maximum Gasteiger partial charge on any atom is 0.273 e. The van der Waals surface area contributed by atoms with Crippen LogP contribution in [0.2, 0.25) is 0 Å². The highest BCUT2D eigenvalue weighted by molar-refractivity contribution is 7.20. The molecule has 4 nitrogen and oxygen atoms in total. The Morgan fingerprint density at radius 3 is 3.16 bits per heavy atom. The lowest BCUT2D eigenvalue weighted by Gasteiger charge is -2.30. The van der Waals surface area contributed by atoms with E-state index in [1.54, 1.807) is 11.3 Å². The van der Waals surface area contributed by atoms with Gasteiger partial charge in [0.05, 0.1) is 17.6 Å². The highest BCUT2D eigenvalue weighted by Crippen LogP contribution is 2.28. The van der Waals surface area contributed by atoms with Gasteiger partial charge in [0.15, 0.2) is 0 Å². The first-order valence-corrected chi connectivity index (χ1v) is 7.90. The Bertz CT molecular complexity index is 565. The normalized spacial score (nSPS) is 19.6. The number of morpholine rings is 1. The molecule has 0 spiro atoms. The van der Waals surface area contributed by atoms with E-state index in [2.05, 4.69) is 4.98 Å². The van der Waals surface area contributed by atoms with Gasteiger partial charge in [-0.05, 0) is 18.4 Å². The molecule has 100 valence electrons. The van der Waals surface area contributed by atoms with Crippen LogP contribution in [0.4, 0.5) is 0 Å². The fourth-order valence-electron chi connectivity index (χ4n) is 2.05.